The van der Waals surface area contributed by atoms with Crippen LogP contribution in [0.1, 0.15) is 55.8 Å². The standard InChI is InChI=1S/C17H25NO3/c1-2-12-21-15-8-6-14(7-9-15)16(20)18-17(13-19)10-4-3-5-11-17/h6-9,19H,2-5,10-13H2,1H3,(H,18,20). The molecular weight excluding hydrogens is 266 g/mol. The maximum absolute atomic E-state index is 12.3. The Bertz CT molecular complexity index is 450. The van der Waals surface area contributed by atoms with Gasteiger partial charge in [-0.25, -0.2) is 0 Å². The molecule has 0 aromatic heterocycles. The van der Waals surface area contributed by atoms with E-state index in [0.717, 1.165) is 37.9 Å². The van der Waals surface area contributed by atoms with Crippen molar-refractivity contribution >= 4 is 5.91 Å². The van der Waals surface area contributed by atoms with Gasteiger partial charge in [-0.05, 0) is 43.5 Å². The molecule has 1 aromatic carbocycles. The second kappa shape index (κ2) is 7.46. The van der Waals surface area contributed by atoms with Crippen LogP contribution in [0.5, 0.6) is 5.75 Å². The third-order valence-corrected chi connectivity index (χ3v) is 4.08. The molecule has 1 saturated carbocycles. The summed E-state index contributed by atoms with van der Waals surface area (Å²) >= 11 is 0. The van der Waals surface area contributed by atoms with Crippen LogP contribution >= 0.6 is 0 Å². The van der Waals surface area contributed by atoms with Crippen LogP contribution in [-0.2, 0) is 0 Å². The molecule has 0 aliphatic heterocycles. The molecule has 0 saturated heterocycles. The molecule has 2 rings (SSSR count). The molecule has 2 N–H and O–H groups in total. The molecular formula is C17H25NO3. The lowest BCUT2D eigenvalue weighted by Gasteiger charge is -2.36. The van der Waals surface area contributed by atoms with E-state index in [1.54, 1.807) is 12.1 Å². The van der Waals surface area contributed by atoms with E-state index in [0.29, 0.717) is 12.2 Å². The van der Waals surface area contributed by atoms with Crippen molar-refractivity contribution < 1.29 is 14.6 Å². The fourth-order valence-electron chi connectivity index (χ4n) is 2.79. The van der Waals surface area contributed by atoms with E-state index in [2.05, 4.69) is 12.2 Å². The second-order valence-corrected chi connectivity index (χ2v) is 5.83. The molecule has 0 bridgehead atoms. The summed E-state index contributed by atoms with van der Waals surface area (Å²) in [7, 11) is 0. The Kier molecular flexibility index (Phi) is 5.62. The van der Waals surface area contributed by atoms with Crippen LogP contribution in [0.15, 0.2) is 24.3 Å². The number of hydrogen-bond donors (Lipinski definition) is 2. The minimum Gasteiger partial charge on any atom is -0.494 e. The van der Waals surface area contributed by atoms with Crippen LogP contribution in [0.3, 0.4) is 0 Å². The molecule has 0 atom stereocenters. The normalized spacial score (nSPS) is 17.2. The summed E-state index contributed by atoms with van der Waals surface area (Å²) < 4.78 is 5.51. The Labute approximate surface area is 126 Å². The van der Waals surface area contributed by atoms with Gasteiger partial charge >= 0.3 is 0 Å². The van der Waals surface area contributed by atoms with Gasteiger partial charge in [0, 0.05) is 5.56 Å². The summed E-state index contributed by atoms with van der Waals surface area (Å²) in [5, 5.41) is 12.7. The lowest BCUT2D eigenvalue weighted by molar-refractivity contribution is 0.0758. The number of rotatable bonds is 6. The first-order valence-electron chi connectivity index (χ1n) is 7.85. The Morgan fingerprint density at radius 1 is 1.24 bits per heavy atom. The molecule has 1 aliphatic rings. The second-order valence-electron chi connectivity index (χ2n) is 5.83. The number of aliphatic hydroxyl groups is 1. The SMILES string of the molecule is CCCOc1ccc(C(=O)NC2(CO)CCCCC2)cc1. The first kappa shape index (κ1) is 15.8. The average molecular weight is 291 g/mol. The van der Waals surface area contributed by atoms with Crippen LogP contribution in [0.25, 0.3) is 0 Å². The van der Waals surface area contributed by atoms with Crippen LogP contribution < -0.4 is 10.1 Å². The molecule has 1 amide bonds. The summed E-state index contributed by atoms with van der Waals surface area (Å²) in [6.45, 7) is 2.75. The predicted octanol–water partition coefficient (Wildman–Crippen LogP) is 2.90. The molecule has 116 valence electrons. The maximum atomic E-state index is 12.3. The number of carbonyl (C=O) groups excluding carboxylic acids is 1. The number of ether oxygens (including phenoxy) is 1. The fraction of sp³-hybridized carbons (Fsp3) is 0.588. The zero-order valence-corrected chi connectivity index (χ0v) is 12.7. The fourth-order valence-corrected chi connectivity index (χ4v) is 2.79. The topological polar surface area (TPSA) is 58.6 Å². The van der Waals surface area contributed by atoms with E-state index < -0.39 is 5.54 Å². The first-order chi connectivity index (χ1) is 10.2. The zero-order chi connectivity index (χ0) is 15.1. The molecule has 1 aliphatic carbocycles. The largest absolute Gasteiger partial charge is 0.494 e. The van der Waals surface area contributed by atoms with E-state index in [1.165, 1.54) is 6.42 Å². The third kappa shape index (κ3) is 4.21. The molecule has 0 radical (unpaired) electrons. The number of aliphatic hydroxyl groups excluding tert-OH is 1. The van der Waals surface area contributed by atoms with Crippen LogP contribution in [-0.4, -0.2) is 29.8 Å². The van der Waals surface area contributed by atoms with Crippen molar-refractivity contribution in [1.29, 1.82) is 0 Å². The van der Waals surface area contributed by atoms with E-state index in [-0.39, 0.29) is 12.5 Å². The molecule has 4 heteroatoms. The summed E-state index contributed by atoms with van der Waals surface area (Å²) in [5.74, 6) is 0.663. The highest BCUT2D eigenvalue weighted by Gasteiger charge is 2.33. The van der Waals surface area contributed by atoms with Gasteiger partial charge in [-0.15, -0.1) is 0 Å². The van der Waals surface area contributed by atoms with Gasteiger partial charge in [0.15, 0.2) is 0 Å². The summed E-state index contributed by atoms with van der Waals surface area (Å²) in [6.07, 6.45) is 5.97. The summed E-state index contributed by atoms with van der Waals surface area (Å²) in [6, 6.07) is 7.18. The summed E-state index contributed by atoms with van der Waals surface area (Å²) in [5.41, 5.74) is 0.171. The highest BCUT2D eigenvalue weighted by atomic mass is 16.5. The van der Waals surface area contributed by atoms with Gasteiger partial charge in [0.05, 0.1) is 18.8 Å². The third-order valence-electron chi connectivity index (χ3n) is 4.08. The van der Waals surface area contributed by atoms with Crippen molar-refractivity contribution in [3.63, 3.8) is 0 Å². The van der Waals surface area contributed by atoms with E-state index in [4.69, 9.17) is 4.74 Å². The predicted molar refractivity (Wildman–Crippen MR) is 82.6 cm³/mol. The zero-order valence-electron chi connectivity index (χ0n) is 12.7. The van der Waals surface area contributed by atoms with Crippen LogP contribution in [0, 0.1) is 0 Å². The number of carbonyl (C=O) groups is 1. The molecule has 21 heavy (non-hydrogen) atoms. The Morgan fingerprint density at radius 3 is 2.48 bits per heavy atom. The van der Waals surface area contributed by atoms with Gasteiger partial charge in [-0.3, -0.25) is 4.79 Å². The van der Waals surface area contributed by atoms with Crippen LogP contribution in [0.4, 0.5) is 0 Å². The Balaban J connectivity index is 1.98. The molecule has 0 unspecified atom stereocenters. The van der Waals surface area contributed by atoms with Gasteiger partial charge in [0.2, 0.25) is 0 Å². The van der Waals surface area contributed by atoms with E-state index in [1.807, 2.05) is 12.1 Å². The van der Waals surface area contributed by atoms with Crippen molar-refractivity contribution in [3.8, 4) is 5.75 Å². The minimum atomic E-state index is -0.438. The van der Waals surface area contributed by atoms with Gasteiger partial charge in [-0.1, -0.05) is 26.2 Å². The monoisotopic (exact) mass is 291 g/mol. The number of benzene rings is 1. The lowest BCUT2D eigenvalue weighted by atomic mass is 9.82. The quantitative estimate of drug-likeness (QED) is 0.847. The molecule has 0 heterocycles. The van der Waals surface area contributed by atoms with E-state index >= 15 is 0 Å². The van der Waals surface area contributed by atoms with Gasteiger partial charge < -0.3 is 15.2 Å². The van der Waals surface area contributed by atoms with Crippen molar-refractivity contribution in [2.75, 3.05) is 13.2 Å². The maximum Gasteiger partial charge on any atom is 0.251 e. The Morgan fingerprint density at radius 2 is 1.90 bits per heavy atom. The molecule has 4 nitrogen and oxygen atoms in total. The average Bonchev–Trinajstić information content (AvgIpc) is 2.54. The van der Waals surface area contributed by atoms with Gasteiger partial charge in [0.25, 0.3) is 5.91 Å². The lowest BCUT2D eigenvalue weighted by Crippen LogP contribution is -2.52. The van der Waals surface area contributed by atoms with E-state index in [9.17, 15) is 9.90 Å². The minimum absolute atomic E-state index is 0.0104. The number of nitrogens with one attached hydrogen (secondary N) is 1. The molecule has 1 fully saturated rings. The Hall–Kier alpha value is -1.55. The van der Waals surface area contributed by atoms with Crippen LogP contribution in [0.2, 0.25) is 0 Å². The van der Waals surface area contributed by atoms with Crippen molar-refractivity contribution in [3.05, 3.63) is 29.8 Å². The molecule has 1 aromatic rings. The smallest absolute Gasteiger partial charge is 0.251 e. The van der Waals surface area contributed by atoms with Gasteiger partial charge in [0.1, 0.15) is 5.75 Å². The highest BCUT2D eigenvalue weighted by molar-refractivity contribution is 5.94. The number of hydrogen-bond acceptors (Lipinski definition) is 3. The van der Waals surface area contributed by atoms with Gasteiger partial charge in [-0.2, -0.15) is 0 Å². The van der Waals surface area contributed by atoms with Crippen molar-refractivity contribution in [1.82, 2.24) is 5.32 Å². The highest BCUT2D eigenvalue weighted by Crippen LogP contribution is 2.28. The summed E-state index contributed by atoms with van der Waals surface area (Å²) in [4.78, 5) is 12.3. The number of amides is 1. The molecule has 0 spiro atoms. The van der Waals surface area contributed by atoms with Crippen molar-refractivity contribution in [2.45, 2.75) is 51.0 Å². The van der Waals surface area contributed by atoms with Crippen molar-refractivity contribution in [2.24, 2.45) is 0 Å². The first-order valence-corrected chi connectivity index (χ1v) is 7.85.